The largest absolute Gasteiger partial charge is 0.469 e. The van der Waals surface area contributed by atoms with Crippen LogP contribution in [0.5, 0.6) is 0 Å². The third-order valence-corrected chi connectivity index (χ3v) is 11.4. The molecule has 0 radical (unpaired) electrons. The summed E-state index contributed by atoms with van der Waals surface area (Å²) in [5, 5.41) is 13.4. The molecule has 5 heteroatoms. The van der Waals surface area contributed by atoms with Gasteiger partial charge in [-0.3, -0.25) is 4.79 Å². The number of rotatable bonds is 10. The number of aliphatic hydroxyl groups is 1. The van der Waals surface area contributed by atoms with E-state index in [1.807, 2.05) is 43.3 Å². The summed E-state index contributed by atoms with van der Waals surface area (Å²) in [6, 6.07) is 20.8. The Morgan fingerprint density at radius 3 is 1.88 bits per heavy atom. The van der Waals surface area contributed by atoms with Crippen LogP contribution in [0.15, 0.2) is 73.3 Å². The summed E-state index contributed by atoms with van der Waals surface area (Å²) in [4.78, 5) is 12.5. The average Bonchev–Trinajstić information content (AvgIpc) is 2.78. The van der Waals surface area contributed by atoms with Gasteiger partial charge in [-0.2, -0.15) is 0 Å². The van der Waals surface area contributed by atoms with Crippen molar-refractivity contribution in [1.29, 1.82) is 0 Å². The fraction of sp³-hybridized carbons (Fsp3) is 0.444. The van der Waals surface area contributed by atoms with Crippen LogP contribution in [0.25, 0.3) is 0 Å². The van der Waals surface area contributed by atoms with Gasteiger partial charge in [0.05, 0.1) is 18.6 Å². The molecule has 2 aromatic carbocycles. The summed E-state index contributed by atoms with van der Waals surface area (Å²) >= 11 is 0. The second-order valence-corrected chi connectivity index (χ2v) is 14.1. The quantitative estimate of drug-likeness (QED) is 0.330. The Bertz CT molecular complexity index is 836. The monoisotopic (exact) mass is 454 g/mol. The van der Waals surface area contributed by atoms with Crippen LogP contribution in [-0.2, 0) is 14.0 Å². The highest BCUT2D eigenvalue weighted by atomic mass is 28.4. The third-order valence-electron chi connectivity index (χ3n) is 6.39. The van der Waals surface area contributed by atoms with Gasteiger partial charge in [0.25, 0.3) is 8.32 Å². The molecule has 0 aliphatic rings. The molecule has 2 rings (SSSR count). The van der Waals surface area contributed by atoms with Crippen molar-refractivity contribution in [1.82, 2.24) is 0 Å². The Kier molecular flexibility index (Phi) is 8.63. The summed E-state index contributed by atoms with van der Waals surface area (Å²) < 4.78 is 11.9. The Morgan fingerprint density at radius 1 is 1.03 bits per heavy atom. The SMILES string of the molecule is C=CC[C@@](C)(C(=O)OC)[C@H](O)[C@@H](C)CO[Si](c1ccccc1)(c1ccccc1)C(C)(C)C. The summed E-state index contributed by atoms with van der Waals surface area (Å²) in [5.41, 5.74) is -1.08. The number of allylic oxidation sites excluding steroid dienone is 1. The van der Waals surface area contributed by atoms with E-state index in [-0.39, 0.29) is 11.0 Å². The van der Waals surface area contributed by atoms with Gasteiger partial charge in [-0.25, -0.2) is 0 Å². The van der Waals surface area contributed by atoms with E-state index in [9.17, 15) is 9.90 Å². The van der Waals surface area contributed by atoms with Crippen LogP contribution >= 0.6 is 0 Å². The molecule has 3 atom stereocenters. The molecule has 0 spiro atoms. The highest BCUT2D eigenvalue weighted by Crippen LogP contribution is 2.38. The van der Waals surface area contributed by atoms with Gasteiger partial charge in [0.15, 0.2) is 0 Å². The lowest BCUT2D eigenvalue weighted by molar-refractivity contribution is -0.161. The molecular weight excluding hydrogens is 416 g/mol. The van der Waals surface area contributed by atoms with E-state index in [0.29, 0.717) is 13.0 Å². The maximum atomic E-state index is 12.5. The Labute approximate surface area is 194 Å². The van der Waals surface area contributed by atoms with Crippen LogP contribution in [0, 0.1) is 11.3 Å². The van der Waals surface area contributed by atoms with Crippen LogP contribution < -0.4 is 10.4 Å². The molecule has 1 N–H and O–H groups in total. The smallest absolute Gasteiger partial charge is 0.314 e. The number of benzene rings is 2. The molecule has 0 amide bonds. The zero-order valence-corrected chi connectivity index (χ0v) is 21.3. The molecule has 0 bridgehead atoms. The molecule has 32 heavy (non-hydrogen) atoms. The minimum Gasteiger partial charge on any atom is -0.469 e. The maximum Gasteiger partial charge on any atom is 0.314 e. The topological polar surface area (TPSA) is 55.8 Å². The zero-order valence-electron chi connectivity index (χ0n) is 20.3. The van der Waals surface area contributed by atoms with Crippen molar-refractivity contribution < 1.29 is 19.1 Å². The molecule has 174 valence electrons. The predicted molar refractivity (Wildman–Crippen MR) is 134 cm³/mol. The van der Waals surface area contributed by atoms with Crippen molar-refractivity contribution in [3.63, 3.8) is 0 Å². The minimum absolute atomic E-state index is 0.160. The van der Waals surface area contributed by atoms with Crippen molar-refractivity contribution in [3.05, 3.63) is 73.3 Å². The summed E-state index contributed by atoms with van der Waals surface area (Å²) in [7, 11) is -1.37. The summed E-state index contributed by atoms with van der Waals surface area (Å²) in [6.07, 6.45) is 1.03. The molecule has 0 aromatic heterocycles. The molecule has 0 heterocycles. The van der Waals surface area contributed by atoms with Crippen LogP contribution in [0.4, 0.5) is 0 Å². The van der Waals surface area contributed by atoms with Crippen LogP contribution in [0.1, 0.15) is 41.0 Å². The molecular formula is C27H38O4Si. The van der Waals surface area contributed by atoms with Gasteiger partial charge in [0, 0.05) is 12.5 Å². The van der Waals surface area contributed by atoms with E-state index in [0.717, 1.165) is 0 Å². The molecule has 0 fully saturated rings. The second-order valence-electron chi connectivity index (χ2n) is 9.80. The number of carbonyl (C=O) groups excluding carboxylic acids is 1. The van der Waals surface area contributed by atoms with E-state index >= 15 is 0 Å². The van der Waals surface area contributed by atoms with E-state index < -0.39 is 25.8 Å². The van der Waals surface area contributed by atoms with Crippen molar-refractivity contribution in [2.45, 2.75) is 52.2 Å². The van der Waals surface area contributed by atoms with Gasteiger partial charge in [-0.05, 0) is 28.8 Å². The van der Waals surface area contributed by atoms with E-state index in [4.69, 9.17) is 9.16 Å². The lowest BCUT2D eigenvalue weighted by Crippen LogP contribution is -2.67. The predicted octanol–water partition coefficient (Wildman–Crippen LogP) is 4.32. The number of ether oxygens (including phenoxy) is 1. The van der Waals surface area contributed by atoms with Gasteiger partial charge < -0.3 is 14.3 Å². The number of hydrogen-bond acceptors (Lipinski definition) is 4. The van der Waals surface area contributed by atoms with Crippen molar-refractivity contribution in [3.8, 4) is 0 Å². The van der Waals surface area contributed by atoms with E-state index in [1.54, 1.807) is 13.0 Å². The first-order valence-corrected chi connectivity index (χ1v) is 13.1. The Morgan fingerprint density at radius 2 is 1.50 bits per heavy atom. The molecule has 0 saturated heterocycles. The number of hydrogen-bond donors (Lipinski definition) is 1. The number of aliphatic hydroxyl groups excluding tert-OH is 1. The van der Waals surface area contributed by atoms with Crippen molar-refractivity contribution in [2.24, 2.45) is 11.3 Å². The van der Waals surface area contributed by atoms with Gasteiger partial charge in [-0.15, -0.1) is 6.58 Å². The normalized spacial score (nSPS) is 16.0. The molecule has 0 unspecified atom stereocenters. The Balaban J connectivity index is 2.47. The standard InChI is InChI=1S/C27H38O4Si/c1-8-19-27(6,25(29)30-7)24(28)21(2)20-31-32(26(3,4)5,22-15-11-9-12-16-22)23-17-13-10-14-18-23/h8-18,21,24,28H,1,19-20H2,2-7H3/t21-,24+,27+/m0/s1. The highest BCUT2D eigenvalue weighted by molar-refractivity contribution is 6.99. The van der Waals surface area contributed by atoms with Crippen LogP contribution in [-0.4, -0.2) is 39.2 Å². The first-order valence-electron chi connectivity index (χ1n) is 11.2. The molecule has 0 aliphatic carbocycles. The van der Waals surface area contributed by atoms with Crippen molar-refractivity contribution in [2.75, 3.05) is 13.7 Å². The fourth-order valence-electron chi connectivity index (χ4n) is 4.59. The fourth-order valence-corrected chi connectivity index (χ4v) is 9.26. The Hall–Kier alpha value is -2.21. The number of esters is 1. The first kappa shape index (κ1) is 26.0. The first-order chi connectivity index (χ1) is 15.0. The average molecular weight is 455 g/mol. The number of carbonyl (C=O) groups is 1. The third kappa shape index (κ3) is 5.06. The van der Waals surface area contributed by atoms with Crippen molar-refractivity contribution >= 4 is 24.7 Å². The minimum atomic E-state index is -2.72. The molecule has 2 aromatic rings. The van der Waals surface area contributed by atoms with E-state index in [1.165, 1.54) is 17.5 Å². The van der Waals surface area contributed by atoms with Gasteiger partial charge in [-0.1, -0.05) is 94.4 Å². The van der Waals surface area contributed by atoms with Crippen LogP contribution in [0.2, 0.25) is 5.04 Å². The molecule has 0 aliphatic heterocycles. The van der Waals surface area contributed by atoms with E-state index in [2.05, 4.69) is 51.6 Å². The van der Waals surface area contributed by atoms with Crippen LogP contribution in [0.3, 0.4) is 0 Å². The highest BCUT2D eigenvalue weighted by Gasteiger charge is 2.51. The van der Waals surface area contributed by atoms with Gasteiger partial charge in [0.2, 0.25) is 0 Å². The lowest BCUT2D eigenvalue weighted by atomic mass is 9.76. The summed E-state index contributed by atoms with van der Waals surface area (Å²) in [6.45, 7) is 14.4. The summed E-state index contributed by atoms with van der Waals surface area (Å²) in [5.74, 6) is -0.733. The molecule has 0 saturated carbocycles. The zero-order chi connectivity index (χ0) is 24.0. The molecule has 4 nitrogen and oxygen atoms in total. The van der Waals surface area contributed by atoms with Gasteiger partial charge >= 0.3 is 5.97 Å². The van der Waals surface area contributed by atoms with Gasteiger partial charge in [0.1, 0.15) is 0 Å². The number of methoxy groups -OCH3 is 1. The second kappa shape index (κ2) is 10.6. The maximum absolute atomic E-state index is 12.5. The lowest BCUT2D eigenvalue weighted by Gasteiger charge is -2.44.